The van der Waals surface area contributed by atoms with Crippen molar-refractivity contribution in [3.05, 3.63) is 29.6 Å². The zero-order chi connectivity index (χ0) is 14.8. The lowest BCUT2D eigenvalue weighted by Gasteiger charge is -2.35. The number of alkyl halides is 3. The first kappa shape index (κ1) is 21.2. The number of benzene rings is 1. The summed E-state index contributed by atoms with van der Waals surface area (Å²) in [6.45, 7) is 2.00. The smallest absolute Gasteiger partial charge is 0.390 e. The second-order valence-electron chi connectivity index (χ2n) is 4.80. The van der Waals surface area contributed by atoms with Gasteiger partial charge in [-0.25, -0.2) is 4.39 Å². The third-order valence-electron chi connectivity index (χ3n) is 3.39. The van der Waals surface area contributed by atoms with E-state index in [2.05, 4.69) is 5.32 Å². The van der Waals surface area contributed by atoms with Gasteiger partial charge in [-0.3, -0.25) is 4.90 Å². The molecule has 2 rings (SSSR count). The number of hydrogen-bond acceptors (Lipinski definition) is 3. The Labute approximate surface area is 138 Å². The van der Waals surface area contributed by atoms with Crippen molar-refractivity contribution < 1.29 is 22.7 Å². The molecule has 1 aliphatic heterocycles. The molecule has 9 heteroatoms. The van der Waals surface area contributed by atoms with Gasteiger partial charge in [0.05, 0.1) is 6.42 Å². The number of para-hydroxylation sites is 1. The molecule has 0 spiro atoms. The Kier molecular flexibility index (Phi) is 8.46. The van der Waals surface area contributed by atoms with E-state index in [9.17, 15) is 22.7 Å². The zero-order valence-corrected chi connectivity index (χ0v) is 13.2. The SMILES string of the molecule is Cl.Cl.Oc1c(F)cccc1[C@@H](CC(F)(F)F)N1CCNCC1. The summed E-state index contributed by atoms with van der Waals surface area (Å²) in [5.41, 5.74) is -0.00998. The minimum absolute atomic E-state index is 0. The molecule has 3 nitrogen and oxygen atoms in total. The standard InChI is InChI=1S/C13H16F4N2O.2ClH/c14-10-3-1-2-9(12(10)20)11(8-13(15,16)17)19-6-4-18-5-7-19;;/h1-3,11,18,20H,4-8H2;2*1H/t11-;;/m1../s1. The summed E-state index contributed by atoms with van der Waals surface area (Å²) in [6.07, 6.45) is -5.49. The van der Waals surface area contributed by atoms with Gasteiger partial charge >= 0.3 is 6.18 Å². The van der Waals surface area contributed by atoms with Crippen LogP contribution in [0.2, 0.25) is 0 Å². The summed E-state index contributed by atoms with van der Waals surface area (Å²) in [5, 5.41) is 12.8. The van der Waals surface area contributed by atoms with Gasteiger partial charge in [0.1, 0.15) is 0 Å². The minimum atomic E-state index is -4.38. The summed E-state index contributed by atoms with van der Waals surface area (Å²) >= 11 is 0. The van der Waals surface area contributed by atoms with Gasteiger partial charge in [0.25, 0.3) is 0 Å². The molecule has 2 N–H and O–H groups in total. The maximum absolute atomic E-state index is 13.4. The molecule has 1 saturated heterocycles. The number of hydrogen-bond donors (Lipinski definition) is 2. The van der Waals surface area contributed by atoms with Crippen molar-refractivity contribution in [2.45, 2.75) is 18.6 Å². The third kappa shape index (κ3) is 5.46. The van der Waals surface area contributed by atoms with Crippen LogP contribution in [0, 0.1) is 5.82 Å². The molecule has 0 amide bonds. The highest BCUT2D eigenvalue weighted by Gasteiger charge is 2.37. The van der Waals surface area contributed by atoms with Crippen molar-refractivity contribution in [3.8, 4) is 5.75 Å². The number of piperazine rings is 1. The van der Waals surface area contributed by atoms with E-state index in [1.165, 1.54) is 12.1 Å². The molecule has 0 bridgehead atoms. The predicted octanol–water partition coefficient (Wildman–Crippen LogP) is 3.27. The Bertz CT molecular complexity index is 468. The van der Waals surface area contributed by atoms with Crippen molar-refractivity contribution >= 4 is 24.8 Å². The van der Waals surface area contributed by atoms with Crippen LogP contribution < -0.4 is 5.32 Å². The molecular formula is C13H18Cl2F4N2O. The quantitative estimate of drug-likeness (QED) is 0.808. The van der Waals surface area contributed by atoms with Crippen molar-refractivity contribution in [2.24, 2.45) is 0 Å². The van der Waals surface area contributed by atoms with Gasteiger partial charge in [-0.05, 0) is 6.07 Å². The Morgan fingerprint density at radius 2 is 1.77 bits per heavy atom. The van der Waals surface area contributed by atoms with Gasteiger partial charge in [0.15, 0.2) is 11.6 Å². The summed E-state index contributed by atoms with van der Waals surface area (Å²) in [7, 11) is 0. The second-order valence-corrected chi connectivity index (χ2v) is 4.80. The number of phenols is 1. The van der Waals surface area contributed by atoms with Crippen LogP contribution >= 0.6 is 24.8 Å². The molecule has 0 radical (unpaired) electrons. The topological polar surface area (TPSA) is 35.5 Å². The number of halogens is 6. The fraction of sp³-hybridized carbons (Fsp3) is 0.538. The van der Waals surface area contributed by atoms with E-state index in [0.717, 1.165) is 6.07 Å². The molecule has 1 heterocycles. The van der Waals surface area contributed by atoms with Gasteiger partial charge in [-0.15, -0.1) is 24.8 Å². The molecular weight excluding hydrogens is 347 g/mol. The van der Waals surface area contributed by atoms with Crippen LogP contribution in [-0.4, -0.2) is 42.4 Å². The van der Waals surface area contributed by atoms with E-state index in [1.807, 2.05) is 0 Å². The molecule has 0 aromatic heterocycles. The largest absolute Gasteiger partial charge is 0.505 e. The van der Waals surface area contributed by atoms with Crippen molar-refractivity contribution in [1.82, 2.24) is 10.2 Å². The third-order valence-corrected chi connectivity index (χ3v) is 3.39. The number of phenolic OH excluding ortho intramolecular Hbond substituents is 1. The van der Waals surface area contributed by atoms with Crippen molar-refractivity contribution in [2.75, 3.05) is 26.2 Å². The van der Waals surface area contributed by atoms with Crippen LogP contribution in [-0.2, 0) is 0 Å². The van der Waals surface area contributed by atoms with E-state index < -0.39 is 30.2 Å². The Hall–Kier alpha value is -0.760. The van der Waals surface area contributed by atoms with Crippen LogP contribution in [0.4, 0.5) is 17.6 Å². The predicted molar refractivity (Wildman–Crippen MR) is 80.4 cm³/mol. The lowest BCUT2D eigenvalue weighted by molar-refractivity contribution is -0.148. The van der Waals surface area contributed by atoms with E-state index in [0.29, 0.717) is 26.2 Å². The van der Waals surface area contributed by atoms with E-state index in [-0.39, 0.29) is 30.4 Å². The fourth-order valence-electron chi connectivity index (χ4n) is 2.45. The van der Waals surface area contributed by atoms with Crippen LogP contribution in [0.25, 0.3) is 0 Å². The zero-order valence-electron chi connectivity index (χ0n) is 11.6. The average molecular weight is 365 g/mol. The van der Waals surface area contributed by atoms with Crippen LogP contribution in [0.5, 0.6) is 5.75 Å². The molecule has 1 aliphatic rings. The van der Waals surface area contributed by atoms with Gasteiger partial charge in [0.2, 0.25) is 0 Å². The highest BCUT2D eigenvalue weighted by Crippen LogP contribution is 2.38. The summed E-state index contributed by atoms with van der Waals surface area (Å²) in [4.78, 5) is 1.62. The molecule has 22 heavy (non-hydrogen) atoms. The molecule has 0 saturated carbocycles. The Balaban J connectivity index is 0.00000220. The first-order chi connectivity index (χ1) is 9.38. The monoisotopic (exact) mass is 364 g/mol. The molecule has 1 aromatic rings. The van der Waals surface area contributed by atoms with E-state index >= 15 is 0 Å². The molecule has 128 valence electrons. The highest BCUT2D eigenvalue weighted by molar-refractivity contribution is 5.85. The van der Waals surface area contributed by atoms with Crippen LogP contribution in [0.15, 0.2) is 18.2 Å². The fourth-order valence-corrected chi connectivity index (χ4v) is 2.45. The van der Waals surface area contributed by atoms with Crippen molar-refractivity contribution in [1.29, 1.82) is 0 Å². The number of aromatic hydroxyl groups is 1. The summed E-state index contributed by atoms with van der Waals surface area (Å²) < 4.78 is 51.7. The number of nitrogens with one attached hydrogen (secondary N) is 1. The maximum Gasteiger partial charge on any atom is 0.390 e. The summed E-state index contributed by atoms with van der Waals surface area (Å²) in [6, 6.07) is 2.63. The molecule has 1 aromatic carbocycles. The maximum atomic E-state index is 13.4. The van der Waals surface area contributed by atoms with E-state index in [1.54, 1.807) is 4.90 Å². The lowest BCUT2D eigenvalue weighted by atomic mass is 9.99. The van der Waals surface area contributed by atoms with Crippen molar-refractivity contribution in [3.63, 3.8) is 0 Å². The lowest BCUT2D eigenvalue weighted by Crippen LogP contribution is -2.46. The van der Waals surface area contributed by atoms with E-state index in [4.69, 9.17) is 0 Å². The van der Waals surface area contributed by atoms with Gasteiger partial charge in [0, 0.05) is 37.8 Å². The Morgan fingerprint density at radius 1 is 1.18 bits per heavy atom. The molecule has 1 fully saturated rings. The molecule has 0 aliphatic carbocycles. The Morgan fingerprint density at radius 3 is 2.32 bits per heavy atom. The van der Waals surface area contributed by atoms with Gasteiger partial charge in [-0.1, -0.05) is 12.1 Å². The molecule has 0 unspecified atom stereocenters. The number of rotatable bonds is 3. The second kappa shape index (κ2) is 8.76. The van der Waals surface area contributed by atoms with Gasteiger partial charge < -0.3 is 10.4 Å². The molecule has 1 atom stereocenters. The normalized spacial score (nSPS) is 17.3. The first-order valence-electron chi connectivity index (χ1n) is 6.37. The van der Waals surface area contributed by atoms with Gasteiger partial charge in [-0.2, -0.15) is 13.2 Å². The first-order valence-corrected chi connectivity index (χ1v) is 6.37. The summed E-state index contributed by atoms with van der Waals surface area (Å²) in [5.74, 6) is -1.59. The van der Waals surface area contributed by atoms with Crippen LogP contribution in [0.1, 0.15) is 18.0 Å². The minimum Gasteiger partial charge on any atom is -0.505 e. The number of nitrogens with zero attached hydrogens (tertiary/aromatic N) is 1. The highest BCUT2D eigenvalue weighted by atomic mass is 35.5. The average Bonchev–Trinajstić information content (AvgIpc) is 2.40. The van der Waals surface area contributed by atoms with Crippen LogP contribution in [0.3, 0.4) is 0 Å².